The lowest BCUT2D eigenvalue weighted by atomic mass is 9.95. The van der Waals surface area contributed by atoms with Crippen LogP contribution in [0.3, 0.4) is 0 Å². The monoisotopic (exact) mass is 344 g/mol. The maximum Gasteiger partial charge on any atom is 0.0388 e. The van der Waals surface area contributed by atoms with Crippen molar-refractivity contribution < 1.29 is 0 Å². The Kier molecular flexibility index (Phi) is 7.14. The SMILES string of the molecule is CN(C)c1ccc(C(Cc2ccccc2)N2CCCCC2)cc1.Cl. The van der Waals surface area contributed by atoms with Crippen LogP contribution < -0.4 is 4.90 Å². The van der Waals surface area contributed by atoms with Crippen molar-refractivity contribution in [3.63, 3.8) is 0 Å². The quantitative estimate of drug-likeness (QED) is 0.757. The Morgan fingerprint density at radius 3 is 2.08 bits per heavy atom. The van der Waals surface area contributed by atoms with Crippen molar-refractivity contribution in [2.45, 2.75) is 31.7 Å². The third-order valence-corrected chi connectivity index (χ3v) is 4.90. The predicted octanol–water partition coefficient (Wildman–Crippen LogP) is 4.94. The first kappa shape index (κ1) is 18.8. The van der Waals surface area contributed by atoms with Gasteiger partial charge in [0.15, 0.2) is 0 Å². The number of hydrogen-bond acceptors (Lipinski definition) is 2. The molecule has 0 aromatic heterocycles. The van der Waals surface area contributed by atoms with Gasteiger partial charge in [-0.3, -0.25) is 4.90 Å². The zero-order valence-corrected chi connectivity index (χ0v) is 15.6. The summed E-state index contributed by atoms with van der Waals surface area (Å²) in [5, 5.41) is 0. The van der Waals surface area contributed by atoms with E-state index >= 15 is 0 Å². The van der Waals surface area contributed by atoms with Crippen LogP contribution in [0.25, 0.3) is 0 Å². The molecule has 3 heteroatoms. The van der Waals surface area contributed by atoms with Crippen molar-refractivity contribution in [1.29, 1.82) is 0 Å². The van der Waals surface area contributed by atoms with Crippen LogP contribution in [-0.4, -0.2) is 32.1 Å². The van der Waals surface area contributed by atoms with Gasteiger partial charge in [0.05, 0.1) is 0 Å². The highest BCUT2D eigenvalue weighted by molar-refractivity contribution is 5.85. The minimum absolute atomic E-state index is 0. The summed E-state index contributed by atoms with van der Waals surface area (Å²) in [5.41, 5.74) is 4.15. The van der Waals surface area contributed by atoms with Crippen molar-refractivity contribution in [3.05, 3.63) is 65.7 Å². The van der Waals surface area contributed by atoms with Crippen molar-refractivity contribution in [2.75, 3.05) is 32.1 Å². The molecule has 2 nitrogen and oxygen atoms in total. The molecule has 0 N–H and O–H groups in total. The van der Waals surface area contributed by atoms with E-state index in [1.165, 1.54) is 49.2 Å². The smallest absolute Gasteiger partial charge is 0.0388 e. The maximum absolute atomic E-state index is 2.68. The molecule has 1 heterocycles. The molecule has 0 amide bonds. The van der Waals surface area contributed by atoms with E-state index in [0.717, 1.165) is 6.42 Å². The molecule has 130 valence electrons. The lowest BCUT2D eigenvalue weighted by Crippen LogP contribution is -2.34. The standard InChI is InChI=1S/C21H28N2.ClH/c1-22(2)20-13-11-19(12-14-20)21(23-15-7-4-8-16-23)17-18-9-5-3-6-10-18;/h3,5-6,9-14,21H,4,7-8,15-17H2,1-2H3;1H. The largest absolute Gasteiger partial charge is 0.378 e. The molecule has 1 aliphatic heterocycles. The average Bonchev–Trinajstić information content (AvgIpc) is 2.61. The number of halogens is 1. The molecular weight excluding hydrogens is 316 g/mol. The van der Waals surface area contributed by atoms with Crippen LogP contribution in [0.5, 0.6) is 0 Å². The highest BCUT2D eigenvalue weighted by Crippen LogP contribution is 2.29. The van der Waals surface area contributed by atoms with Gasteiger partial charge < -0.3 is 4.90 Å². The number of nitrogens with zero attached hydrogens (tertiary/aromatic N) is 2. The third kappa shape index (κ3) is 4.75. The van der Waals surface area contributed by atoms with Crippen LogP contribution >= 0.6 is 12.4 Å². The predicted molar refractivity (Wildman–Crippen MR) is 106 cm³/mol. The summed E-state index contributed by atoms with van der Waals surface area (Å²) in [6.07, 6.45) is 5.15. The van der Waals surface area contributed by atoms with Crippen LogP contribution in [0.2, 0.25) is 0 Å². The normalized spacial score (nSPS) is 16.2. The van der Waals surface area contributed by atoms with E-state index in [9.17, 15) is 0 Å². The fourth-order valence-corrected chi connectivity index (χ4v) is 3.52. The minimum Gasteiger partial charge on any atom is -0.378 e. The van der Waals surface area contributed by atoms with Gasteiger partial charge in [0.2, 0.25) is 0 Å². The van der Waals surface area contributed by atoms with E-state index in [0.29, 0.717) is 6.04 Å². The molecule has 1 unspecified atom stereocenters. The van der Waals surface area contributed by atoms with Gasteiger partial charge in [0.25, 0.3) is 0 Å². The fraction of sp³-hybridized carbons (Fsp3) is 0.429. The van der Waals surface area contributed by atoms with E-state index in [1.54, 1.807) is 0 Å². The lowest BCUT2D eigenvalue weighted by molar-refractivity contribution is 0.162. The number of likely N-dealkylation sites (tertiary alicyclic amines) is 1. The first-order valence-electron chi connectivity index (χ1n) is 8.79. The van der Waals surface area contributed by atoms with Gasteiger partial charge in [-0.05, 0) is 55.6 Å². The molecule has 0 radical (unpaired) electrons. The molecular formula is C21H29ClN2. The Morgan fingerprint density at radius 1 is 0.875 bits per heavy atom. The van der Waals surface area contributed by atoms with Gasteiger partial charge in [-0.1, -0.05) is 48.9 Å². The molecule has 0 aliphatic carbocycles. The zero-order valence-electron chi connectivity index (χ0n) is 14.8. The van der Waals surface area contributed by atoms with E-state index in [-0.39, 0.29) is 12.4 Å². The highest BCUT2D eigenvalue weighted by atomic mass is 35.5. The molecule has 1 atom stereocenters. The second kappa shape index (κ2) is 9.10. The molecule has 0 bridgehead atoms. The summed E-state index contributed by atoms with van der Waals surface area (Å²) >= 11 is 0. The molecule has 0 spiro atoms. The summed E-state index contributed by atoms with van der Waals surface area (Å²) in [6.45, 7) is 2.46. The van der Waals surface area contributed by atoms with Crippen LogP contribution in [0.15, 0.2) is 54.6 Å². The highest BCUT2D eigenvalue weighted by Gasteiger charge is 2.22. The van der Waals surface area contributed by atoms with E-state index in [2.05, 4.69) is 78.5 Å². The minimum atomic E-state index is 0. The molecule has 24 heavy (non-hydrogen) atoms. The third-order valence-electron chi connectivity index (χ3n) is 4.90. The van der Waals surface area contributed by atoms with E-state index < -0.39 is 0 Å². The van der Waals surface area contributed by atoms with Crippen molar-refractivity contribution >= 4 is 18.1 Å². The number of rotatable bonds is 5. The first-order chi connectivity index (χ1) is 11.2. The lowest BCUT2D eigenvalue weighted by Gasteiger charge is -2.35. The van der Waals surface area contributed by atoms with Crippen molar-refractivity contribution in [1.82, 2.24) is 4.90 Å². The second-order valence-electron chi connectivity index (χ2n) is 6.79. The van der Waals surface area contributed by atoms with Crippen LogP contribution in [-0.2, 0) is 6.42 Å². The number of piperidine rings is 1. The average molecular weight is 345 g/mol. The van der Waals surface area contributed by atoms with Gasteiger partial charge in [0, 0.05) is 25.8 Å². The zero-order chi connectivity index (χ0) is 16.1. The summed E-state index contributed by atoms with van der Waals surface area (Å²) in [7, 11) is 4.20. The molecule has 1 saturated heterocycles. The number of benzene rings is 2. The first-order valence-corrected chi connectivity index (χ1v) is 8.79. The molecule has 1 fully saturated rings. The Labute approximate surface area is 152 Å². The summed E-state index contributed by atoms with van der Waals surface area (Å²) < 4.78 is 0. The van der Waals surface area contributed by atoms with Crippen LogP contribution in [0, 0.1) is 0 Å². The van der Waals surface area contributed by atoms with Crippen molar-refractivity contribution in [3.8, 4) is 0 Å². The molecule has 0 saturated carbocycles. The Morgan fingerprint density at radius 2 is 1.50 bits per heavy atom. The van der Waals surface area contributed by atoms with E-state index in [1.807, 2.05) is 0 Å². The van der Waals surface area contributed by atoms with Crippen LogP contribution in [0.1, 0.15) is 36.4 Å². The van der Waals surface area contributed by atoms with Crippen LogP contribution in [0.4, 0.5) is 5.69 Å². The fourth-order valence-electron chi connectivity index (χ4n) is 3.52. The van der Waals surface area contributed by atoms with Gasteiger partial charge in [-0.25, -0.2) is 0 Å². The Balaban J connectivity index is 0.00000208. The van der Waals surface area contributed by atoms with Gasteiger partial charge in [0.1, 0.15) is 0 Å². The second-order valence-corrected chi connectivity index (χ2v) is 6.79. The molecule has 2 aromatic carbocycles. The summed E-state index contributed by atoms with van der Waals surface area (Å²) in [5.74, 6) is 0. The van der Waals surface area contributed by atoms with Gasteiger partial charge >= 0.3 is 0 Å². The molecule has 1 aliphatic rings. The van der Waals surface area contributed by atoms with Gasteiger partial charge in [-0.2, -0.15) is 0 Å². The topological polar surface area (TPSA) is 6.48 Å². The molecule has 2 aromatic rings. The molecule has 3 rings (SSSR count). The van der Waals surface area contributed by atoms with Gasteiger partial charge in [-0.15, -0.1) is 12.4 Å². The van der Waals surface area contributed by atoms with Crippen molar-refractivity contribution in [2.24, 2.45) is 0 Å². The Bertz CT molecular complexity index is 589. The number of hydrogen-bond donors (Lipinski definition) is 0. The van der Waals surface area contributed by atoms with E-state index in [4.69, 9.17) is 0 Å². The maximum atomic E-state index is 2.68. The number of anilines is 1. The Hall–Kier alpha value is -1.51. The summed E-state index contributed by atoms with van der Waals surface area (Å²) in [6, 6.07) is 20.5. The summed E-state index contributed by atoms with van der Waals surface area (Å²) in [4.78, 5) is 4.85.